The topological polar surface area (TPSA) is 71.1 Å². The van der Waals surface area contributed by atoms with Gasteiger partial charge in [-0.2, -0.15) is 0 Å². The van der Waals surface area contributed by atoms with Gasteiger partial charge in [0.1, 0.15) is 23.0 Å². The van der Waals surface area contributed by atoms with Gasteiger partial charge in [-0.15, -0.1) is 0 Å². The molecule has 0 aliphatic heterocycles. The Balaban J connectivity index is 0.907. The number of rotatable bonds is 31. The van der Waals surface area contributed by atoms with Gasteiger partial charge >= 0.3 is 11.9 Å². The lowest BCUT2D eigenvalue weighted by atomic mass is 9.89. The van der Waals surface area contributed by atoms with Crippen molar-refractivity contribution >= 4 is 33.5 Å². The fourth-order valence-corrected chi connectivity index (χ4v) is 13.1. The average molecular weight is 1290 g/mol. The molecule has 6 heteroatoms. The maximum atomic E-state index is 14.8. The van der Waals surface area contributed by atoms with Crippen LogP contribution in [0.4, 0.5) is 0 Å². The van der Waals surface area contributed by atoms with Gasteiger partial charge in [-0.05, 0) is 211 Å². The van der Waals surface area contributed by atoms with Crippen molar-refractivity contribution in [2.24, 2.45) is 0 Å². The Morgan fingerprint density at radius 3 is 0.867 bits per heavy atom. The highest BCUT2D eigenvalue weighted by atomic mass is 16.5. The predicted molar refractivity (Wildman–Crippen MR) is 408 cm³/mol. The van der Waals surface area contributed by atoms with E-state index in [-0.39, 0.29) is 0 Å². The molecular formula is C92H90O6. The van der Waals surface area contributed by atoms with E-state index >= 15 is 0 Å². The number of carbonyl (C=O) groups is 2. The number of carbonyl (C=O) groups excluding carboxylic acids is 2. The van der Waals surface area contributed by atoms with Crippen molar-refractivity contribution in [1.82, 2.24) is 0 Å². The van der Waals surface area contributed by atoms with E-state index in [4.69, 9.17) is 18.9 Å². The first kappa shape index (κ1) is 67.7. The minimum atomic E-state index is -0.524. The van der Waals surface area contributed by atoms with Crippen molar-refractivity contribution in [3.8, 4) is 101 Å². The van der Waals surface area contributed by atoms with Crippen molar-refractivity contribution in [3.05, 3.63) is 277 Å². The molecule has 0 radical (unpaired) electrons. The monoisotopic (exact) mass is 1290 g/mol. The highest BCUT2D eigenvalue weighted by molar-refractivity contribution is 6.12. The van der Waals surface area contributed by atoms with E-state index < -0.39 is 11.9 Å². The molecule has 0 aromatic heterocycles. The van der Waals surface area contributed by atoms with Crippen LogP contribution in [0.1, 0.15) is 149 Å². The quantitative estimate of drug-likeness (QED) is 0.0245. The van der Waals surface area contributed by atoms with Crippen molar-refractivity contribution in [3.63, 3.8) is 0 Å². The van der Waals surface area contributed by atoms with Gasteiger partial charge in [0, 0.05) is 11.1 Å². The first-order chi connectivity index (χ1) is 48.2. The van der Waals surface area contributed by atoms with E-state index in [0.29, 0.717) is 47.0 Å². The van der Waals surface area contributed by atoms with Crippen LogP contribution in [0.5, 0.6) is 23.0 Å². The Morgan fingerprint density at radius 1 is 0.265 bits per heavy atom. The summed E-state index contributed by atoms with van der Waals surface area (Å²) in [6.07, 6.45) is 18.7. The number of unbranched alkanes of at least 4 members (excludes halogenated alkanes) is 10. The Kier molecular flexibility index (Phi) is 23.2. The second-order valence-electron chi connectivity index (χ2n) is 26.0. The highest BCUT2D eigenvalue weighted by Gasteiger charge is 2.25. The van der Waals surface area contributed by atoms with Gasteiger partial charge in [-0.1, -0.05) is 274 Å². The number of benzene rings is 12. The van der Waals surface area contributed by atoms with Gasteiger partial charge in [-0.25, -0.2) is 9.59 Å². The molecule has 0 aliphatic rings. The molecule has 0 heterocycles. The lowest BCUT2D eigenvalue weighted by molar-refractivity contribution is 0.0723. The van der Waals surface area contributed by atoms with Gasteiger partial charge in [0.05, 0.1) is 24.3 Å². The molecule has 0 spiro atoms. The standard InChI is InChI=1S/C92H90O6/c1-5-9-13-17-61-95-83-53-45-73(46-54-83)71-37-41-77(42-38-71)91(93)97-87-59-51-81-63-79(75-33-29-69(30-34-75)67-25-21-65(22-26-67)19-15-11-7-3)49-57-85(81)89(87)90-86-58-50-80(76-35-31-70(32-36-76)68-27-23-66(24-28-68)20-16-12-8-4)64-82(86)52-60-88(90)98-92(94)78-43-39-72(40-44-78)74-47-55-84(56-48-74)96-62-18-14-10-6-2/h21-60,63-64H,5-20,61-62H2,1-4H3. The molecule has 0 saturated carbocycles. The summed E-state index contributed by atoms with van der Waals surface area (Å²) in [4.78, 5) is 29.6. The minimum absolute atomic E-state index is 0.320. The third-order valence-corrected chi connectivity index (χ3v) is 18.9. The maximum Gasteiger partial charge on any atom is 0.343 e. The molecular weight excluding hydrogens is 1200 g/mol. The van der Waals surface area contributed by atoms with Crippen molar-refractivity contribution in [2.45, 2.75) is 130 Å². The lowest BCUT2D eigenvalue weighted by Gasteiger charge is -2.20. The van der Waals surface area contributed by atoms with E-state index in [1.807, 2.05) is 97.1 Å². The third-order valence-electron chi connectivity index (χ3n) is 18.9. The minimum Gasteiger partial charge on any atom is -0.494 e. The largest absolute Gasteiger partial charge is 0.494 e. The van der Waals surface area contributed by atoms with Gasteiger partial charge in [-0.3, -0.25) is 0 Å². The van der Waals surface area contributed by atoms with Crippen LogP contribution in [-0.4, -0.2) is 25.2 Å². The van der Waals surface area contributed by atoms with Crippen LogP contribution in [0.15, 0.2) is 255 Å². The molecule has 0 atom stereocenters. The molecule has 0 bridgehead atoms. The Hall–Kier alpha value is -10.3. The number of esters is 2. The van der Waals surface area contributed by atoms with Crippen molar-refractivity contribution in [2.75, 3.05) is 13.2 Å². The summed E-state index contributed by atoms with van der Waals surface area (Å²) in [5.41, 5.74) is 17.6. The Bertz CT molecular complexity index is 4270. The number of fused-ring (bicyclic) bond motifs is 2. The number of ether oxygens (including phenoxy) is 4. The zero-order chi connectivity index (χ0) is 67.4. The van der Waals surface area contributed by atoms with Crippen LogP contribution in [-0.2, 0) is 12.8 Å². The molecule has 0 aliphatic carbocycles. The van der Waals surface area contributed by atoms with Gasteiger partial charge in [0.25, 0.3) is 0 Å². The highest BCUT2D eigenvalue weighted by Crippen LogP contribution is 2.48. The number of hydrogen-bond acceptors (Lipinski definition) is 6. The number of aryl methyl sites for hydroxylation is 2. The smallest absolute Gasteiger partial charge is 0.343 e. The maximum absolute atomic E-state index is 14.8. The Labute approximate surface area is 580 Å². The van der Waals surface area contributed by atoms with Crippen LogP contribution in [0, 0.1) is 0 Å². The third kappa shape index (κ3) is 17.1. The van der Waals surface area contributed by atoms with Crippen LogP contribution in [0.3, 0.4) is 0 Å². The molecule has 494 valence electrons. The van der Waals surface area contributed by atoms with Gasteiger partial charge < -0.3 is 18.9 Å². The second kappa shape index (κ2) is 33.6. The van der Waals surface area contributed by atoms with Crippen LogP contribution in [0.25, 0.3) is 99.4 Å². The van der Waals surface area contributed by atoms with Crippen molar-refractivity contribution in [1.29, 1.82) is 0 Å². The summed E-state index contributed by atoms with van der Waals surface area (Å²) in [6, 6.07) is 87.3. The first-order valence-electron chi connectivity index (χ1n) is 35.9. The summed E-state index contributed by atoms with van der Waals surface area (Å²) < 4.78 is 25.4. The van der Waals surface area contributed by atoms with Crippen molar-refractivity contribution < 1.29 is 28.5 Å². The van der Waals surface area contributed by atoms with E-state index in [0.717, 1.165) is 127 Å². The molecule has 12 aromatic carbocycles. The predicted octanol–water partition coefficient (Wildman–Crippen LogP) is 25.5. The first-order valence-corrected chi connectivity index (χ1v) is 35.9. The zero-order valence-corrected chi connectivity index (χ0v) is 57.4. The molecule has 0 saturated heterocycles. The van der Waals surface area contributed by atoms with E-state index in [1.54, 1.807) is 0 Å². The number of hydrogen-bond donors (Lipinski definition) is 0. The molecule has 0 N–H and O–H groups in total. The molecule has 0 unspecified atom stereocenters. The zero-order valence-electron chi connectivity index (χ0n) is 57.4. The lowest BCUT2D eigenvalue weighted by Crippen LogP contribution is -2.11. The fraction of sp³-hybridized carbons (Fsp3) is 0.239. The van der Waals surface area contributed by atoms with Crippen LogP contribution < -0.4 is 18.9 Å². The average Bonchev–Trinajstić information content (AvgIpc) is 0.744. The normalized spacial score (nSPS) is 11.3. The second-order valence-corrected chi connectivity index (χ2v) is 26.0. The summed E-state index contributed by atoms with van der Waals surface area (Å²) >= 11 is 0. The molecule has 12 rings (SSSR count). The summed E-state index contributed by atoms with van der Waals surface area (Å²) in [5, 5.41) is 3.46. The van der Waals surface area contributed by atoms with E-state index in [9.17, 15) is 9.59 Å². The van der Waals surface area contributed by atoms with Crippen LogP contribution >= 0.6 is 0 Å². The summed E-state index contributed by atoms with van der Waals surface area (Å²) in [6.45, 7) is 10.3. The van der Waals surface area contributed by atoms with Crippen LogP contribution in [0.2, 0.25) is 0 Å². The fourth-order valence-electron chi connectivity index (χ4n) is 13.1. The summed E-state index contributed by atoms with van der Waals surface area (Å²) in [7, 11) is 0. The molecule has 12 aromatic rings. The summed E-state index contributed by atoms with van der Waals surface area (Å²) in [5.74, 6) is 1.27. The molecule has 0 fully saturated rings. The SMILES string of the molecule is CCCCCCOc1ccc(-c2ccc(C(=O)Oc3ccc4cc(-c5ccc(-c6ccc(CCCCC)cc6)cc5)ccc4c3-c3c(OC(=O)c4ccc(-c5ccc(OCCCCCC)cc5)cc4)ccc4cc(-c5ccc(-c6ccc(CCCCC)cc6)cc5)ccc34)cc2)cc1. The molecule has 98 heavy (non-hydrogen) atoms. The van der Waals surface area contributed by atoms with E-state index in [2.05, 4.69) is 185 Å². The molecule has 0 amide bonds. The van der Waals surface area contributed by atoms with Gasteiger partial charge in [0.2, 0.25) is 0 Å². The Morgan fingerprint density at radius 2 is 0.541 bits per heavy atom. The molecule has 6 nitrogen and oxygen atoms in total. The van der Waals surface area contributed by atoms with Gasteiger partial charge in [0.15, 0.2) is 0 Å². The van der Waals surface area contributed by atoms with E-state index in [1.165, 1.54) is 86.5 Å².